The summed E-state index contributed by atoms with van der Waals surface area (Å²) in [7, 11) is -2.01. The number of imidazole rings is 1. The Kier molecular flexibility index (Phi) is 4.90. The minimum absolute atomic E-state index is 0.0459. The molecule has 0 spiro atoms. The van der Waals surface area contributed by atoms with Crippen molar-refractivity contribution < 1.29 is 8.42 Å². The first-order chi connectivity index (χ1) is 9.85. The quantitative estimate of drug-likeness (QED) is 0.859. The number of sulfonamides is 1. The summed E-state index contributed by atoms with van der Waals surface area (Å²) >= 11 is 11.9. The van der Waals surface area contributed by atoms with Crippen LogP contribution < -0.4 is 10.5 Å². The van der Waals surface area contributed by atoms with Gasteiger partial charge in [0.2, 0.25) is 10.0 Å². The van der Waals surface area contributed by atoms with Crippen molar-refractivity contribution in [3.63, 3.8) is 0 Å². The maximum absolute atomic E-state index is 12.3. The lowest BCUT2D eigenvalue weighted by molar-refractivity contribution is 0.577. The molecule has 1 heterocycles. The Morgan fingerprint density at radius 2 is 2.05 bits per heavy atom. The molecule has 2 aromatic rings. The smallest absolute Gasteiger partial charge is 0.242 e. The van der Waals surface area contributed by atoms with E-state index in [1.54, 1.807) is 24.0 Å². The molecule has 0 aliphatic heterocycles. The predicted molar refractivity (Wildman–Crippen MR) is 81.6 cm³/mol. The highest BCUT2D eigenvalue weighted by atomic mass is 35.5. The molecular formula is C12H14Cl2N4O2S. The molecule has 0 aliphatic carbocycles. The van der Waals surface area contributed by atoms with Crippen LogP contribution in [0.3, 0.4) is 0 Å². The summed E-state index contributed by atoms with van der Waals surface area (Å²) in [6, 6.07) is 2.76. The van der Waals surface area contributed by atoms with Crippen molar-refractivity contribution in [3.05, 3.63) is 46.0 Å². The Morgan fingerprint density at radius 1 is 1.33 bits per heavy atom. The molecule has 0 fully saturated rings. The van der Waals surface area contributed by atoms with E-state index in [1.165, 1.54) is 12.1 Å². The number of hydrogen-bond acceptors (Lipinski definition) is 4. The van der Waals surface area contributed by atoms with E-state index in [1.807, 2.05) is 0 Å². The number of hydrogen-bond donors (Lipinski definition) is 2. The lowest BCUT2D eigenvalue weighted by Gasteiger charge is -2.11. The SMILES string of the molecule is Cn1ccnc1CNS(=O)(=O)c1cc(CN)c(Cl)cc1Cl. The maximum atomic E-state index is 12.3. The number of nitrogens with two attached hydrogens (primary N) is 1. The average molecular weight is 349 g/mol. The molecule has 0 amide bonds. The molecule has 6 nitrogen and oxygen atoms in total. The fraction of sp³-hybridized carbons (Fsp3) is 0.250. The highest BCUT2D eigenvalue weighted by molar-refractivity contribution is 7.89. The molecule has 0 radical (unpaired) electrons. The summed E-state index contributed by atoms with van der Waals surface area (Å²) in [6.07, 6.45) is 3.32. The zero-order chi connectivity index (χ0) is 15.6. The van der Waals surface area contributed by atoms with E-state index in [2.05, 4.69) is 9.71 Å². The number of rotatable bonds is 5. The van der Waals surface area contributed by atoms with Crippen LogP contribution in [0.4, 0.5) is 0 Å². The van der Waals surface area contributed by atoms with Crippen LogP contribution in [-0.4, -0.2) is 18.0 Å². The highest BCUT2D eigenvalue weighted by Crippen LogP contribution is 2.28. The van der Waals surface area contributed by atoms with Crippen molar-refractivity contribution in [2.45, 2.75) is 18.0 Å². The van der Waals surface area contributed by atoms with Gasteiger partial charge in [0.25, 0.3) is 0 Å². The van der Waals surface area contributed by atoms with Crippen molar-refractivity contribution in [2.75, 3.05) is 0 Å². The second-order valence-corrected chi connectivity index (χ2v) is 6.91. The van der Waals surface area contributed by atoms with E-state index >= 15 is 0 Å². The second kappa shape index (κ2) is 6.33. The van der Waals surface area contributed by atoms with Gasteiger partial charge < -0.3 is 10.3 Å². The number of aryl methyl sites for hydroxylation is 1. The fourth-order valence-electron chi connectivity index (χ4n) is 1.74. The lowest BCUT2D eigenvalue weighted by atomic mass is 10.2. The maximum Gasteiger partial charge on any atom is 0.242 e. The first-order valence-electron chi connectivity index (χ1n) is 5.99. The molecule has 0 aliphatic rings. The summed E-state index contributed by atoms with van der Waals surface area (Å²) in [4.78, 5) is 3.99. The third-order valence-electron chi connectivity index (χ3n) is 2.95. The molecule has 2 rings (SSSR count). The van der Waals surface area contributed by atoms with E-state index in [0.29, 0.717) is 16.4 Å². The first kappa shape index (κ1) is 16.3. The zero-order valence-corrected chi connectivity index (χ0v) is 13.5. The van der Waals surface area contributed by atoms with E-state index < -0.39 is 10.0 Å². The Bertz CT molecular complexity index is 759. The van der Waals surface area contributed by atoms with Crippen LogP contribution in [0, 0.1) is 0 Å². The van der Waals surface area contributed by atoms with E-state index in [9.17, 15) is 8.42 Å². The van der Waals surface area contributed by atoms with Crippen molar-refractivity contribution in [1.29, 1.82) is 0 Å². The molecule has 114 valence electrons. The predicted octanol–water partition coefficient (Wildman–Crippen LogP) is 1.66. The minimum Gasteiger partial charge on any atom is -0.337 e. The van der Waals surface area contributed by atoms with Gasteiger partial charge in [-0.15, -0.1) is 0 Å². The van der Waals surface area contributed by atoms with Crippen LogP contribution in [-0.2, 0) is 30.2 Å². The molecular weight excluding hydrogens is 335 g/mol. The topological polar surface area (TPSA) is 90.0 Å². The van der Waals surface area contributed by atoms with Crippen LogP contribution >= 0.6 is 23.2 Å². The van der Waals surface area contributed by atoms with Gasteiger partial charge in [-0.2, -0.15) is 0 Å². The molecule has 9 heteroatoms. The lowest BCUT2D eigenvalue weighted by Crippen LogP contribution is -2.25. The van der Waals surface area contributed by atoms with E-state index in [0.717, 1.165) is 0 Å². The standard InChI is InChI=1S/C12H14Cl2N4O2S/c1-18-3-2-16-12(18)7-17-21(19,20)11-4-8(6-15)9(13)5-10(11)14/h2-5,17H,6-7,15H2,1H3. The first-order valence-corrected chi connectivity index (χ1v) is 8.23. The third kappa shape index (κ3) is 3.56. The summed E-state index contributed by atoms with van der Waals surface area (Å²) in [6.45, 7) is 0.181. The molecule has 0 atom stereocenters. The Morgan fingerprint density at radius 3 is 2.62 bits per heavy atom. The van der Waals surface area contributed by atoms with Gasteiger partial charge in [0.15, 0.2) is 0 Å². The van der Waals surface area contributed by atoms with Crippen molar-refractivity contribution in [2.24, 2.45) is 12.8 Å². The molecule has 0 unspecified atom stereocenters. The average Bonchev–Trinajstić information content (AvgIpc) is 2.82. The molecule has 21 heavy (non-hydrogen) atoms. The van der Waals surface area contributed by atoms with Gasteiger partial charge in [0.1, 0.15) is 10.7 Å². The van der Waals surface area contributed by atoms with Crippen molar-refractivity contribution in [3.8, 4) is 0 Å². The van der Waals surface area contributed by atoms with Crippen LogP contribution in [0.5, 0.6) is 0 Å². The van der Waals surface area contributed by atoms with Crippen molar-refractivity contribution in [1.82, 2.24) is 14.3 Å². The van der Waals surface area contributed by atoms with Gasteiger partial charge >= 0.3 is 0 Å². The molecule has 1 aromatic heterocycles. The van der Waals surface area contributed by atoms with Crippen LogP contribution in [0.15, 0.2) is 29.4 Å². The largest absolute Gasteiger partial charge is 0.337 e. The van der Waals surface area contributed by atoms with Crippen LogP contribution in [0.2, 0.25) is 10.0 Å². The number of benzene rings is 1. The Balaban J connectivity index is 2.29. The van der Waals surface area contributed by atoms with Gasteiger partial charge in [-0.3, -0.25) is 0 Å². The van der Waals surface area contributed by atoms with E-state index in [4.69, 9.17) is 28.9 Å². The van der Waals surface area contributed by atoms with E-state index in [-0.39, 0.29) is 23.0 Å². The summed E-state index contributed by atoms with van der Waals surface area (Å²) < 4.78 is 28.8. The Labute approximate surface area is 132 Å². The number of aromatic nitrogens is 2. The summed E-state index contributed by atoms with van der Waals surface area (Å²) in [5, 5.41) is 0.384. The molecule has 1 aromatic carbocycles. The number of halogens is 2. The number of nitrogens with zero attached hydrogens (tertiary/aromatic N) is 2. The normalized spacial score (nSPS) is 11.8. The van der Waals surface area contributed by atoms with Crippen LogP contribution in [0.25, 0.3) is 0 Å². The van der Waals surface area contributed by atoms with Gasteiger partial charge in [0, 0.05) is 31.0 Å². The molecule has 3 N–H and O–H groups in total. The van der Waals surface area contributed by atoms with Gasteiger partial charge in [-0.1, -0.05) is 23.2 Å². The molecule has 0 bridgehead atoms. The van der Waals surface area contributed by atoms with Crippen molar-refractivity contribution >= 4 is 33.2 Å². The Hall–Kier alpha value is -1.12. The number of nitrogens with one attached hydrogen (secondary N) is 1. The zero-order valence-electron chi connectivity index (χ0n) is 11.2. The third-order valence-corrected chi connectivity index (χ3v) is 5.17. The van der Waals surface area contributed by atoms with Gasteiger partial charge in [0.05, 0.1) is 11.6 Å². The highest BCUT2D eigenvalue weighted by Gasteiger charge is 2.20. The second-order valence-electron chi connectivity index (χ2n) is 4.36. The minimum atomic E-state index is -3.78. The molecule has 0 saturated carbocycles. The van der Waals surface area contributed by atoms with Crippen LogP contribution in [0.1, 0.15) is 11.4 Å². The van der Waals surface area contributed by atoms with Gasteiger partial charge in [-0.05, 0) is 17.7 Å². The van der Waals surface area contributed by atoms with Gasteiger partial charge in [-0.25, -0.2) is 18.1 Å². The monoisotopic (exact) mass is 348 g/mol. The fourth-order valence-corrected chi connectivity index (χ4v) is 3.59. The molecule has 0 saturated heterocycles. The summed E-state index contributed by atoms with van der Waals surface area (Å²) in [5.74, 6) is 0.586. The summed E-state index contributed by atoms with van der Waals surface area (Å²) in [5.41, 5.74) is 6.04.